The van der Waals surface area contributed by atoms with E-state index in [1.165, 1.54) is 0 Å². The first-order valence-electron chi connectivity index (χ1n) is 5.32. The molecule has 0 bridgehead atoms. The first-order valence-corrected chi connectivity index (χ1v) is 5.70. The Hall–Kier alpha value is -1.74. The van der Waals surface area contributed by atoms with Gasteiger partial charge in [0.05, 0.1) is 16.2 Å². The molecule has 0 saturated carbocycles. The Morgan fingerprint density at radius 1 is 1.18 bits per heavy atom. The first kappa shape index (κ1) is 10.4. The van der Waals surface area contributed by atoms with Crippen molar-refractivity contribution in [3.05, 3.63) is 35.0 Å². The van der Waals surface area contributed by atoms with Gasteiger partial charge in [-0.3, -0.25) is 4.79 Å². The van der Waals surface area contributed by atoms with E-state index in [2.05, 4.69) is 0 Å². The summed E-state index contributed by atoms with van der Waals surface area (Å²) in [4.78, 5) is 11.0. The summed E-state index contributed by atoms with van der Waals surface area (Å²) in [5.74, 6) is 0. The number of aromatic nitrogens is 2. The zero-order valence-electron chi connectivity index (χ0n) is 9.57. The third-order valence-electron chi connectivity index (χ3n) is 3.29. The number of benzene rings is 1. The van der Waals surface area contributed by atoms with E-state index in [9.17, 15) is 4.79 Å². The van der Waals surface area contributed by atoms with Crippen molar-refractivity contribution in [2.75, 3.05) is 0 Å². The van der Waals surface area contributed by atoms with Crippen LogP contribution in [0.1, 0.15) is 10.5 Å². The number of halogens is 1. The Labute approximate surface area is 103 Å². The van der Waals surface area contributed by atoms with Crippen LogP contribution in [0.15, 0.2) is 24.3 Å². The number of aryl methyl sites for hydroxylation is 2. The van der Waals surface area contributed by atoms with Gasteiger partial charge in [0.2, 0.25) is 0 Å². The van der Waals surface area contributed by atoms with Gasteiger partial charge in [0.15, 0.2) is 6.29 Å². The van der Waals surface area contributed by atoms with Crippen LogP contribution in [0.5, 0.6) is 0 Å². The summed E-state index contributed by atoms with van der Waals surface area (Å²) in [6, 6.07) is 7.74. The van der Waals surface area contributed by atoms with E-state index in [-0.39, 0.29) is 0 Å². The summed E-state index contributed by atoms with van der Waals surface area (Å²) < 4.78 is 3.92. The van der Waals surface area contributed by atoms with Gasteiger partial charge in [-0.15, -0.1) is 0 Å². The number of fused-ring (bicyclic) bond motifs is 3. The summed E-state index contributed by atoms with van der Waals surface area (Å²) in [5, 5.41) is 2.88. The topological polar surface area (TPSA) is 26.9 Å². The lowest BCUT2D eigenvalue weighted by molar-refractivity contribution is 0.111. The van der Waals surface area contributed by atoms with Crippen LogP contribution < -0.4 is 0 Å². The fourth-order valence-electron chi connectivity index (χ4n) is 2.51. The molecule has 2 heterocycles. The summed E-state index contributed by atoms with van der Waals surface area (Å²) in [6.45, 7) is 0. The summed E-state index contributed by atoms with van der Waals surface area (Å²) in [5.41, 5.74) is 2.69. The Morgan fingerprint density at radius 2 is 1.94 bits per heavy atom. The zero-order valence-corrected chi connectivity index (χ0v) is 10.3. The maximum Gasteiger partial charge on any atom is 0.166 e. The molecular weight excluding hydrogens is 236 g/mol. The maximum atomic E-state index is 11.0. The molecule has 4 heteroatoms. The molecule has 0 unspecified atom stereocenters. The molecule has 3 nitrogen and oxygen atoms in total. The number of nitrogens with zero attached hydrogens (tertiary/aromatic N) is 2. The van der Waals surface area contributed by atoms with Crippen LogP contribution in [0.4, 0.5) is 0 Å². The summed E-state index contributed by atoms with van der Waals surface area (Å²) in [6.07, 6.45) is 0.871. The highest BCUT2D eigenvalue weighted by atomic mass is 35.5. The largest absolute Gasteiger partial charge is 0.329 e. The maximum absolute atomic E-state index is 11.0. The molecular formula is C13H11ClN2O. The molecule has 3 aromatic rings. The number of para-hydroxylation sites is 1. The molecule has 17 heavy (non-hydrogen) atoms. The van der Waals surface area contributed by atoms with E-state index in [4.69, 9.17) is 11.6 Å². The molecule has 0 aliphatic heterocycles. The second-order valence-corrected chi connectivity index (χ2v) is 4.59. The SMILES string of the molecule is Cn1c(C=O)cc2c3cccc(Cl)c3n(C)c21. The number of carbonyl (C=O) groups is 1. The van der Waals surface area contributed by atoms with Crippen molar-refractivity contribution in [1.82, 2.24) is 9.13 Å². The monoisotopic (exact) mass is 246 g/mol. The highest BCUT2D eigenvalue weighted by molar-refractivity contribution is 6.36. The van der Waals surface area contributed by atoms with Crippen LogP contribution in [0.25, 0.3) is 21.9 Å². The molecule has 0 aliphatic rings. The van der Waals surface area contributed by atoms with E-state index in [0.717, 1.165) is 33.2 Å². The first-order chi connectivity index (χ1) is 8.15. The van der Waals surface area contributed by atoms with Gasteiger partial charge in [0.1, 0.15) is 5.65 Å². The third-order valence-corrected chi connectivity index (χ3v) is 3.59. The third kappa shape index (κ3) is 1.20. The minimum absolute atomic E-state index is 0.674. The van der Waals surface area contributed by atoms with E-state index >= 15 is 0 Å². The van der Waals surface area contributed by atoms with Gasteiger partial charge in [-0.2, -0.15) is 0 Å². The molecule has 0 radical (unpaired) electrons. The highest BCUT2D eigenvalue weighted by Gasteiger charge is 2.15. The lowest BCUT2D eigenvalue weighted by Crippen LogP contribution is -1.99. The minimum atomic E-state index is 0.674. The number of aldehydes is 1. The Morgan fingerprint density at radius 3 is 2.65 bits per heavy atom. The molecule has 0 N–H and O–H groups in total. The van der Waals surface area contributed by atoms with Gasteiger partial charge >= 0.3 is 0 Å². The van der Waals surface area contributed by atoms with Crippen LogP contribution in [0.3, 0.4) is 0 Å². The lowest BCUT2D eigenvalue weighted by Gasteiger charge is -2.03. The van der Waals surface area contributed by atoms with E-state index < -0.39 is 0 Å². The van der Waals surface area contributed by atoms with E-state index in [1.807, 2.05) is 47.5 Å². The van der Waals surface area contributed by atoms with Gasteiger partial charge < -0.3 is 9.13 Å². The van der Waals surface area contributed by atoms with Gasteiger partial charge in [-0.1, -0.05) is 23.7 Å². The molecule has 0 aliphatic carbocycles. The zero-order chi connectivity index (χ0) is 12.2. The summed E-state index contributed by atoms with van der Waals surface area (Å²) in [7, 11) is 3.85. The fraction of sp³-hybridized carbons (Fsp3) is 0.154. The lowest BCUT2D eigenvalue weighted by atomic mass is 10.2. The van der Waals surface area contributed by atoms with Crippen molar-refractivity contribution in [2.24, 2.45) is 14.1 Å². The quantitative estimate of drug-likeness (QED) is 0.606. The molecule has 1 aromatic carbocycles. The average molecular weight is 247 g/mol. The predicted molar refractivity (Wildman–Crippen MR) is 69.8 cm³/mol. The molecule has 0 amide bonds. The van der Waals surface area contributed by atoms with Crippen LogP contribution in [0.2, 0.25) is 5.02 Å². The van der Waals surface area contributed by atoms with Crippen LogP contribution >= 0.6 is 11.6 Å². The molecule has 86 valence electrons. The molecule has 2 aromatic heterocycles. The Kier molecular flexibility index (Phi) is 2.07. The van der Waals surface area contributed by atoms with Crippen molar-refractivity contribution >= 4 is 39.8 Å². The average Bonchev–Trinajstić information content (AvgIpc) is 2.78. The second-order valence-electron chi connectivity index (χ2n) is 4.18. The normalized spacial score (nSPS) is 11.5. The smallest absolute Gasteiger partial charge is 0.166 e. The number of hydrogen-bond donors (Lipinski definition) is 0. The van der Waals surface area contributed by atoms with E-state index in [0.29, 0.717) is 5.69 Å². The Bertz CT molecular complexity index is 752. The molecule has 0 fully saturated rings. The molecule has 3 rings (SSSR count). The molecule has 0 spiro atoms. The van der Waals surface area contributed by atoms with Crippen LogP contribution in [-0.2, 0) is 14.1 Å². The molecule has 0 atom stereocenters. The van der Waals surface area contributed by atoms with Gasteiger partial charge in [-0.25, -0.2) is 0 Å². The van der Waals surface area contributed by atoms with Crippen molar-refractivity contribution < 1.29 is 4.79 Å². The number of rotatable bonds is 1. The summed E-state index contributed by atoms with van der Waals surface area (Å²) >= 11 is 6.22. The van der Waals surface area contributed by atoms with Crippen molar-refractivity contribution in [1.29, 1.82) is 0 Å². The van der Waals surface area contributed by atoms with Gasteiger partial charge in [0.25, 0.3) is 0 Å². The standard InChI is InChI=1S/C13H11ClN2O/c1-15-8(7-17)6-10-9-4-3-5-11(14)12(9)16(2)13(10)15/h3-7H,1-2H3. The van der Waals surface area contributed by atoms with Gasteiger partial charge in [0, 0.05) is 24.9 Å². The van der Waals surface area contributed by atoms with E-state index in [1.54, 1.807) is 0 Å². The fourth-order valence-corrected chi connectivity index (χ4v) is 2.81. The predicted octanol–water partition coefficient (Wildman–Crippen LogP) is 3.14. The van der Waals surface area contributed by atoms with Crippen molar-refractivity contribution in [2.45, 2.75) is 0 Å². The minimum Gasteiger partial charge on any atom is -0.329 e. The Balaban J connectivity index is 2.63. The molecule has 0 saturated heterocycles. The highest BCUT2D eigenvalue weighted by Crippen LogP contribution is 2.33. The number of carbonyl (C=O) groups excluding carboxylic acids is 1. The van der Waals surface area contributed by atoms with Gasteiger partial charge in [-0.05, 0) is 12.1 Å². The van der Waals surface area contributed by atoms with Crippen molar-refractivity contribution in [3.63, 3.8) is 0 Å². The second kappa shape index (κ2) is 3.37. The van der Waals surface area contributed by atoms with Crippen LogP contribution in [-0.4, -0.2) is 15.4 Å². The van der Waals surface area contributed by atoms with Crippen molar-refractivity contribution in [3.8, 4) is 0 Å². The van der Waals surface area contributed by atoms with Crippen LogP contribution in [0, 0.1) is 0 Å². The number of hydrogen-bond acceptors (Lipinski definition) is 1.